The molecule has 1 amide bonds. The van der Waals surface area contributed by atoms with Gasteiger partial charge in [-0.1, -0.05) is 11.6 Å². The molecule has 1 rings (SSSR count). The van der Waals surface area contributed by atoms with Crippen LogP contribution in [0, 0.1) is 11.3 Å². The van der Waals surface area contributed by atoms with Crippen LogP contribution in [-0.4, -0.2) is 28.6 Å². The molecule has 1 heterocycles. The topological polar surface area (TPSA) is 105 Å². The van der Waals surface area contributed by atoms with E-state index in [0.717, 1.165) is 6.20 Å². The Bertz CT molecular complexity index is 447. The van der Waals surface area contributed by atoms with Crippen molar-refractivity contribution in [1.82, 2.24) is 9.97 Å². The molecule has 3 N–H and O–H groups in total. The van der Waals surface area contributed by atoms with E-state index in [4.69, 9.17) is 22.6 Å². The number of aromatic nitrogens is 2. The van der Waals surface area contributed by atoms with Crippen LogP contribution in [0.1, 0.15) is 5.69 Å². The third kappa shape index (κ3) is 2.77. The molecule has 84 valence electrons. The molecule has 0 spiro atoms. The first-order chi connectivity index (χ1) is 7.58. The Hall–Kier alpha value is -1.94. The quantitative estimate of drug-likeness (QED) is 0.788. The van der Waals surface area contributed by atoms with Gasteiger partial charge in [0.15, 0.2) is 10.8 Å². The largest absolute Gasteiger partial charge is 0.368 e. The smallest absolute Gasteiger partial charge is 0.242 e. The Kier molecular flexibility index (Phi) is 3.96. The molecule has 0 radical (unpaired) electrons. The Morgan fingerprint density at radius 1 is 1.81 bits per heavy atom. The minimum absolute atomic E-state index is 0.0527. The van der Waals surface area contributed by atoms with E-state index in [1.807, 2.05) is 0 Å². The van der Waals surface area contributed by atoms with E-state index in [1.165, 1.54) is 0 Å². The van der Waals surface area contributed by atoms with Crippen molar-refractivity contribution < 1.29 is 9.18 Å². The fourth-order valence-electron chi connectivity index (χ4n) is 0.875. The Labute approximate surface area is 95.2 Å². The van der Waals surface area contributed by atoms with Crippen molar-refractivity contribution in [3.8, 4) is 6.07 Å². The van der Waals surface area contributed by atoms with Gasteiger partial charge in [0, 0.05) is 0 Å². The van der Waals surface area contributed by atoms with Gasteiger partial charge in [-0.05, 0) is 0 Å². The lowest BCUT2D eigenvalue weighted by atomic mass is 10.3. The number of nitriles is 1. The van der Waals surface area contributed by atoms with Gasteiger partial charge in [0.2, 0.25) is 5.91 Å². The zero-order valence-electron chi connectivity index (χ0n) is 7.94. The molecule has 1 unspecified atom stereocenters. The third-order valence-corrected chi connectivity index (χ3v) is 1.92. The second-order valence-electron chi connectivity index (χ2n) is 2.76. The van der Waals surface area contributed by atoms with Crippen LogP contribution in [0.5, 0.6) is 0 Å². The number of anilines is 1. The minimum Gasteiger partial charge on any atom is -0.368 e. The summed E-state index contributed by atoms with van der Waals surface area (Å²) in [7, 11) is 0. The first kappa shape index (κ1) is 12.1. The molecule has 0 fully saturated rings. The normalized spacial score (nSPS) is 11.6. The maximum Gasteiger partial charge on any atom is 0.242 e. The average Bonchev–Trinajstić information content (AvgIpc) is 2.25. The molecule has 0 aliphatic heterocycles. The molecule has 0 bridgehead atoms. The van der Waals surface area contributed by atoms with Gasteiger partial charge in [0.05, 0.1) is 6.20 Å². The molecule has 6 nitrogen and oxygen atoms in total. The zero-order valence-corrected chi connectivity index (χ0v) is 8.70. The maximum absolute atomic E-state index is 12.3. The molecule has 1 atom stereocenters. The van der Waals surface area contributed by atoms with E-state index in [-0.39, 0.29) is 16.7 Å². The van der Waals surface area contributed by atoms with Crippen LogP contribution < -0.4 is 11.1 Å². The van der Waals surface area contributed by atoms with Crippen LogP contribution >= 0.6 is 11.6 Å². The number of carbonyl (C=O) groups excluding carboxylic acids is 1. The summed E-state index contributed by atoms with van der Waals surface area (Å²) < 4.78 is 12.3. The van der Waals surface area contributed by atoms with Gasteiger partial charge in [-0.15, -0.1) is 0 Å². The van der Waals surface area contributed by atoms with Crippen molar-refractivity contribution in [2.24, 2.45) is 5.73 Å². The number of amides is 1. The molecule has 16 heavy (non-hydrogen) atoms. The lowest BCUT2D eigenvalue weighted by Crippen LogP contribution is -2.37. The van der Waals surface area contributed by atoms with Crippen LogP contribution in [-0.2, 0) is 4.79 Å². The molecule has 0 saturated carbocycles. The second-order valence-corrected chi connectivity index (χ2v) is 3.12. The van der Waals surface area contributed by atoms with Gasteiger partial charge in [-0.3, -0.25) is 4.79 Å². The van der Waals surface area contributed by atoms with Gasteiger partial charge in [-0.25, -0.2) is 14.4 Å². The number of nitrogens with two attached hydrogens (primary N) is 1. The van der Waals surface area contributed by atoms with E-state index < -0.39 is 18.6 Å². The predicted molar refractivity (Wildman–Crippen MR) is 54.3 cm³/mol. The first-order valence-corrected chi connectivity index (χ1v) is 4.50. The van der Waals surface area contributed by atoms with E-state index in [9.17, 15) is 9.18 Å². The number of alkyl halides is 1. The van der Waals surface area contributed by atoms with Gasteiger partial charge in [0.1, 0.15) is 24.6 Å². The van der Waals surface area contributed by atoms with Crippen molar-refractivity contribution in [3.05, 3.63) is 17.0 Å². The van der Waals surface area contributed by atoms with Gasteiger partial charge in [-0.2, -0.15) is 5.26 Å². The Morgan fingerprint density at radius 3 is 2.94 bits per heavy atom. The Morgan fingerprint density at radius 2 is 2.50 bits per heavy atom. The van der Waals surface area contributed by atoms with Crippen LogP contribution in [0.2, 0.25) is 5.15 Å². The summed E-state index contributed by atoms with van der Waals surface area (Å²) in [6.07, 6.45) is 1.16. The van der Waals surface area contributed by atoms with E-state index in [0.29, 0.717) is 0 Å². The molecule has 1 aromatic rings. The number of hydrogen-bond donors (Lipinski definition) is 2. The third-order valence-electron chi connectivity index (χ3n) is 1.66. The van der Waals surface area contributed by atoms with Crippen LogP contribution in [0.3, 0.4) is 0 Å². The van der Waals surface area contributed by atoms with Crippen molar-refractivity contribution >= 4 is 23.3 Å². The number of halogens is 2. The summed E-state index contributed by atoms with van der Waals surface area (Å²) in [5, 5.41) is 10.8. The zero-order chi connectivity index (χ0) is 12.1. The van der Waals surface area contributed by atoms with Crippen molar-refractivity contribution in [2.75, 3.05) is 12.0 Å². The number of nitrogens with zero attached hydrogens (tertiary/aromatic N) is 3. The highest BCUT2D eigenvalue weighted by atomic mass is 35.5. The number of nitrogens with one attached hydrogen (secondary N) is 1. The summed E-state index contributed by atoms with van der Waals surface area (Å²) in [4.78, 5) is 18.1. The number of hydrogen-bond acceptors (Lipinski definition) is 5. The van der Waals surface area contributed by atoms with Crippen LogP contribution in [0.15, 0.2) is 6.20 Å². The lowest BCUT2D eigenvalue weighted by molar-refractivity contribution is -0.119. The lowest BCUT2D eigenvalue weighted by Gasteiger charge is -2.11. The summed E-state index contributed by atoms with van der Waals surface area (Å²) >= 11 is 5.59. The van der Waals surface area contributed by atoms with Gasteiger partial charge < -0.3 is 11.1 Å². The highest BCUT2D eigenvalue weighted by Gasteiger charge is 2.16. The molecule has 1 aromatic heterocycles. The number of primary amides is 1. The molecule has 0 saturated heterocycles. The molecule has 0 aliphatic rings. The fourth-order valence-corrected chi connectivity index (χ4v) is 1.06. The molecular weight excluding hydrogens is 237 g/mol. The average molecular weight is 244 g/mol. The highest BCUT2D eigenvalue weighted by molar-refractivity contribution is 6.30. The summed E-state index contributed by atoms with van der Waals surface area (Å²) in [5.41, 5.74) is 4.86. The van der Waals surface area contributed by atoms with E-state index >= 15 is 0 Å². The van der Waals surface area contributed by atoms with E-state index in [1.54, 1.807) is 6.07 Å². The standard InChI is InChI=1S/C8H7ClFN5O/c9-7-5(2-11)13-3-6(15-7)14-4(1-10)8(12)16/h3-4H,1H2,(H2,12,16)(H,14,15). The minimum atomic E-state index is -1.20. The van der Waals surface area contributed by atoms with Crippen molar-refractivity contribution in [1.29, 1.82) is 5.26 Å². The van der Waals surface area contributed by atoms with Gasteiger partial charge in [0.25, 0.3) is 0 Å². The predicted octanol–water partition coefficient (Wildman–Crippen LogP) is 0.237. The van der Waals surface area contributed by atoms with Gasteiger partial charge >= 0.3 is 0 Å². The first-order valence-electron chi connectivity index (χ1n) is 4.13. The van der Waals surface area contributed by atoms with Crippen LogP contribution in [0.4, 0.5) is 10.2 Å². The number of carbonyl (C=O) groups is 1. The second kappa shape index (κ2) is 5.23. The summed E-state index contributed by atoms with van der Waals surface area (Å²) in [6.45, 7) is -0.978. The molecule has 0 aliphatic carbocycles. The SMILES string of the molecule is N#Cc1ncc(NC(CF)C(N)=O)nc1Cl. The Balaban J connectivity index is 2.87. The molecule has 0 aromatic carbocycles. The van der Waals surface area contributed by atoms with Crippen molar-refractivity contribution in [2.45, 2.75) is 6.04 Å². The highest BCUT2D eigenvalue weighted by Crippen LogP contribution is 2.13. The fraction of sp³-hybridized carbons (Fsp3) is 0.250. The molecular formula is C8H7ClFN5O. The monoisotopic (exact) mass is 243 g/mol. The maximum atomic E-state index is 12.3. The molecule has 8 heteroatoms. The number of rotatable bonds is 4. The van der Waals surface area contributed by atoms with Crippen molar-refractivity contribution in [3.63, 3.8) is 0 Å². The van der Waals surface area contributed by atoms with Crippen LogP contribution in [0.25, 0.3) is 0 Å². The summed E-state index contributed by atoms with van der Waals surface area (Å²) in [6, 6.07) is 0.517. The van der Waals surface area contributed by atoms with E-state index in [2.05, 4.69) is 15.3 Å². The summed E-state index contributed by atoms with van der Waals surface area (Å²) in [5.74, 6) is -0.782.